The fourth-order valence-electron chi connectivity index (χ4n) is 2.77. The minimum Gasteiger partial charge on any atom is -0.409 e. The van der Waals surface area contributed by atoms with E-state index in [-0.39, 0.29) is 23.3 Å². The van der Waals surface area contributed by atoms with Crippen molar-refractivity contribution >= 4 is 14.0 Å². The highest BCUT2D eigenvalue weighted by Gasteiger charge is 2.45. The van der Waals surface area contributed by atoms with Gasteiger partial charge >= 0.3 is 0 Å². The predicted molar refractivity (Wildman–Crippen MR) is 96.9 cm³/mol. The van der Waals surface area contributed by atoms with Crippen molar-refractivity contribution in [1.82, 2.24) is 4.98 Å². The summed E-state index contributed by atoms with van der Waals surface area (Å²) < 4.78 is 12.4. The number of aliphatic hydroxyl groups is 1. The van der Waals surface area contributed by atoms with E-state index in [1.165, 1.54) is 12.4 Å². The van der Waals surface area contributed by atoms with Crippen molar-refractivity contribution in [3.63, 3.8) is 0 Å². The van der Waals surface area contributed by atoms with Gasteiger partial charge in [0, 0.05) is 12.6 Å². The number of aromatic nitrogens is 1. The third kappa shape index (κ3) is 4.25. The summed E-state index contributed by atoms with van der Waals surface area (Å²) in [7, 11) is -2.06. The zero-order valence-corrected chi connectivity index (χ0v) is 16.7. The van der Waals surface area contributed by atoms with Gasteiger partial charge in [0.25, 0.3) is 5.69 Å². The van der Waals surface area contributed by atoms with Crippen LogP contribution in [0.3, 0.4) is 0 Å². The number of hydrogen-bond donors (Lipinski definition) is 1. The standard InChI is InChI=1S/C17H28N2O5Si/c1-11-16(24-25(5,6)17(2,3)4)14(20)9-15(23-11)12-7-8-18-10-13(12)19(21)22/h7-8,10-11,14-16,20H,9H2,1-6H3/t11-,14+,15-,16-/m1/s1. The van der Waals surface area contributed by atoms with Crippen molar-refractivity contribution in [2.24, 2.45) is 0 Å². The molecule has 1 aromatic heterocycles. The van der Waals surface area contributed by atoms with E-state index < -0.39 is 31.6 Å². The summed E-state index contributed by atoms with van der Waals surface area (Å²) in [5, 5.41) is 21.9. The van der Waals surface area contributed by atoms with E-state index in [2.05, 4.69) is 38.8 Å². The fourth-order valence-corrected chi connectivity index (χ4v) is 4.15. The Labute approximate surface area is 149 Å². The van der Waals surface area contributed by atoms with Crippen LogP contribution in [0.15, 0.2) is 18.5 Å². The summed E-state index contributed by atoms with van der Waals surface area (Å²) >= 11 is 0. The molecule has 2 heterocycles. The first-order valence-electron chi connectivity index (χ1n) is 8.53. The molecule has 0 unspecified atom stereocenters. The van der Waals surface area contributed by atoms with Crippen molar-refractivity contribution in [2.45, 2.75) is 76.7 Å². The monoisotopic (exact) mass is 368 g/mol. The zero-order chi connectivity index (χ0) is 19.0. The Morgan fingerprint density at radius 2 is 2.08 bits per heavy atom. The molecule has 0 amide bonds. The number of hydrogen-bond acceptors (Lipinski definition) is 6. The van der Waals surface area contributed by atoms with Gasteiger partial charge in [0.15, 0.2) is 8.32 Å². The summed E-state index contributed by atoms with van der Waals surface area (Å²) in [4.78, 5) is 14.6. The summed E-state index contributed by atoms with van der Waals surface area (Å²) in [5.74, 6) is 0. The predicted octanol–water partition coefficient (Wildman–Crippen LogP) is 3.59. The molecule has 4 atom stereocenters. The summed E-state index contributed by atoms with van der Waals surface area (Å²) in [6.07, 6.45) is 0.889. The van der Waals surface area contributed by atoms with Gasteiger partial charge in [-0.1, -0.05) is 20.8 Å². The van der Waals surface area contributed by atoms with Crippen molar-refractivity contribution in [1.29, 1.82) is 0 Å². The molecule has 0 spiro atoms. The SMILES string of the molecule is C[C@H]1O[C@@H](c2ccncc2[N+](=O)[O-])C[C@H](O)[C@@H]1O[Si](C)(C)C(C)(C)C. The molecular weight excluding hydrogens is 340 g/mol. The van der Waals surface area contributed by atoms with Crippen molar-refractivity contribution in [3.05, 3.63) is 34.1 Å². The average molecular weight is 369 g/mol. The van der Waals surface area contributed by atoms with Crippen LogP contribution < -0.4 is 0 Å². The maximum Gasteiger partial charge on any atom is 0.293 e. The Morgan fingerprint density at radius 1 is 1.44 bits per heavy atom. The number of aliphatic hydroxyl groups excluding tert-OH is 1. The molecule has 1 N–H and O–H groups in total. The molecule has 1 saturated heterocycles. The van der Waals surface area contributed by atoms with Crippen LogP contribution in [0, 0.1) is 10.1 Å². The Morgan fingerprint density at radius 3 is 2.60 bits per heavy atom. The second-order valence-electron chi connectivity index (χ2n) is 8.17. The van der Waals surface area contributed by atoms with E-state index in [1.807, 2.05) is 6.92 Å². The minimum absolute atomic E-state index is 0.0210. The molecule has 0 radical (unpaired) electrons. The topological polar surface area (TPSA) is 94.7 Å². The molecule has 0 aliphatic carbocycles. The maximum atomic E-state index is 11.2. The summed E-state index contributed by atoms with van der Waals surface area (Å²) in [5.41, 5.74) is 0.354. The van der Waals surface area contributed by atoms with Crippen LogP contribution in [0.1, 0.15) is 45.8 Å². The Bertz CT molecular complexity index is 620. The van der Waals surface area contributed by atoms with Gasteiger partial charge in [-0.05, 0) is 31.1 Å². The van der Waals surface area contributed by atoms with Crippen LogP contribution in [0.4, 0.5) is 5.69 Å². The van der Waals surface area contributed by atoms with Gasteiger partial charge in [0.1, 0.15) is 6.20 Å². The smallest absolute Gasteiger partial charge is 0.293 e. The lowest BCUT2D eigenvalue weighted by Crippen LogP contribution is -2.53. The normalized spacial score (nSPS) is 28.0. The van der Waals surface area contributed by atoms with Crippen LogP contribution >= 0.6 is 0 Å². The lowest BCUT2D eigenvalue weighted by Gasteiger charge is -2.45. The van der Waals surface area contributed by atoms with Crippen molar-refractivity contribution < 1.29 is 19.2 Å². The van der Waals surface area contributed by atoms with Crippen LogP contribution in [-0.4, -0.2) is 41.6 Å². The molecule has 0 saturated carbocycles. The van der Waals surface area contributed by atoms with Crippen LogP contribution in [0.2, 0.25) is 18.1 Å². The molecule has 25 heavy (non-hydrogen) atoms. The largest absolute Gasteiger partial charge is 0.409 e. The molecule has 0 aromatic carbocycles. The highest BCUT2D eigenvalue weighted by molar-refractivity contribution is 6.74. The third-order valence-corrected chi connectivity index (χ3v) is 9.76. The Balaban J connectivity index is 2.19. The van der Waals surface area contributed by atoms with Crippen molar-refractivity contribution in [3.8, 4) is 0 Å². The maximum absolute atomic E-state index is 11.2. The first-order chi connectivity index (χ1) is 11.4. The summed E-state index contributed by atoms with van der Waals surface area (Å²) in [6, 6.07) is 1.58. The van der Waals surface area contributed by atoms with E-state index in [0.717, 1.165) is 0 Å². The number of rotatable bonds is 4. The molecule has 2 rings (SSSR count). The van der Waals surface area contributed by atoms with Crippen LogP contribution in [-0.2, 0) is 9.16 Å². The molecule has 1 aliphatic heterocycles. The van der Waals surface area contributed by atoms with Gasteiger partial charge in [-0.25, -0.2) is 0 Å². The van der Waals surface area contributed by atoms with E-state index in [4.69, 9.17) is 9.16 Å². The molecular formula is C17H28N2O5Si. The number of nitro groups is 1. The molecule has 1 aliphatic rings. The third-order valence-electron chi connectivity index (χ3n) is 5.29. The van der Waals surface area contributed by atoms with E-state index in [9.17, 15) is 15.2 Å². The zero-order valence-electron chi connectivity index (χ0n) is 15.7. The fraction of sp³-hybridized carbons (Fsp3) is 0.706. The highest BCUT2D eigenvalue weighted by atomic mass is 28.4. The first-order valence-corrected chi connectivity index (χ1v) is 11.4. The molecule has 140 valence electrons. The van der Waals surface area contributed by atoms with Crippen molar-refractivity contribution in [2.75, 3.05) is 0 Å². The molecule has 8 heteroatoms. The van der Waals surface area contributed by atoms with Crippen LogP contribution in [0.5, 0.6) is 0 Å². The molecule has 7 nitrogen and oxygen atoms in total. The van der Waals surface area contributed by atoms with E-state index in [0.29, 0.717) is 5.56 Å². The number of pyridine rings is 1. The lowest BCUT2D eigenvalue weighted by atomic mass is 9.94. The highest BCUT2D eigenvalue weighted by Crippen LogP contribution is 2.41. The minimum atomic E-state index is -2.06. The second-order valence-corrected chi connectivity index (χ2v) is 12.9. The Hall–Kier alpha value is -1.35. The first kappa shape index (κ1) is 20.0. The number of ether oxygens (including phenoxy) is 1. The Kier molecular flexibility index (Phi) is 5.67. The van der Waals surface area contributed by atoms with Gasteiger partial charge in [0.2, 0.25) is 0 Å². The van der Waals surface area contributed by atoms with Gasteiger partial charge in [-0.2, -0.15) is 0 Å². The van der Waals surface area contributed by atoms with Gasteiger partial charge < -0.3 is 14.3 Å². The van der Waals surface area contributed by atoms with E-state index in [1.54, 1.807) is 6.07 Å². The average Bonchev–Trinajstić information content (AvgIpc) is 2.49. The molecule has 0 bridgehead atoms. The lowest BCUT2D eigenvalue weighted by molar-refractivity contribution is -0.386. The quantitative estimate of drug-likeness (QED) is 0.496. The summed E-state index contributed by atoms with van der Waals surface area (Å²) in [6.45, 7) is 12.5. The second kappa shape index (κ2) is 7.11. The van der Waals surface area contributed by atoms with Crippen LogP contribution in [0.25, 0.3) is 0 Å². The van der Waals surface area contributed by atoms with Gasteiger partial charge in [-0.15, -0.1) is 0 Å². The molecule has 1 aromatic rings. The van der Waals surface area contributed by atoms with Gasteiger partial charge in [-0.3, -0.25) is 15.1 Å². The van der Waals surface area contributed by atoms with E-state index >= 15 is 0 Å². The van der Waals surface area contributed by atoms with Gasteiger partial charge in [0.05, 0.1) is 34.9 Å². The molecule has 1 fully saturated rings. The number of nitrogens with zero attached hydrogens (tertiary/aromatic N) is 2.